The van der Waals surface area contributed by atoms with Crippen molar-refractivity contribution in [2.45, 2.75) is 12.6 Å². The molecular weight excluding hydrogens is 352 g/mol. The van der Waals surface area contributed by atoms with Crippen LogP contribution >= 0.6 is 22.7 Å². The molecule has 3 nitrogen and oxygen atoms in total. The van der Waals surface area contributed by atoms with Gasteiger partial charge in [0.2, 0.25) is 0 Å². The summed E-state index contributed by atoms with van der Waals surface area (Å²) in [7, 11) is 0. The number of nitrogens with one attached hydrogen (secondary N) is 1. The fourth-order valence-corrected chi connectivity index (χ4v) is 3.89. The lowest BCUT2D eigenvalue weighted by atomic mass is 10.2. The van der Waals surface area contributed by atoms with Gasteiger partial charge in [-0.15, -0.1) is 22.7 Å². The summed E-state index contributed by atoms with van der Waals surface area (Å²) < 4.78 is 26.0. The lowest BCUT2D eigenvalue weighted by Gasteiger charge is -2.06. The summed E-state index contributed by atoms with van der Waals surface area (Å²) in [5.41, 5.74) is 0.0595. The molecule has 24 heavy (non-hydrogen) atoms. The molecule has 0 bridgehead atoms. The fraction of sp³-hybridized carbons (Fsp3) is 0.118. The number of amides is 1. The summed E-state index contributed by atoms with van der Waals surface area (Å²) in [4.78, 5) is 14.5. The van der Waals surface area contributed by atoms with Crippen molar-refractivity contribution in [1.29, 1.82) is 0 Å². The van der Waals surface area contributed by atoms with Crippen molar-refractivity contribution in [3.05, 3.63) is 79.7 Å². The molecular formula is C17H13F2NO2S2. The number of rotatable bonds is 5. The molecule has 0 aliphatic rings. The highest BCUT2D eigenvalue weighted by Crippen LogP contribution is 2.30. The van der Waals surface area contributed by atoms with Crippen LogP contribution in [-0.2, 0) is 6.54 Å². The summed E-state index contributed by atoms with van der Waals surface area (Å²) in [6, 6.07) is 10.4. The molecule has 3 rings (SSSR count). The monoisotopic (exact) mass is 365 g/mol. The first-order valence-corrected chi connectivity index (χ1v) is 8.77. The molecule has 0 aliphatic carbocycles. The van der Waals surface area contributed by atoms with Crippen LogP contribution in [0.25, 0.3) is 0 Å². The number of thiophene rings is 2. The third kappa shape index (κ3) is 3.69. The van der Waals surface area contributed by atoms with Crippen LogP contribution < -0.4 is 5.32 Å². The van der Waals surface area contributed by atoms with Gasteiger partial charge in [-0.1, -0.05) is 6.07 Å². The Morgan fingerprint density at radius 2 is 1.96 bits per heavy atom. The largest absolute Gasteiger partial charge is 0.382 e. The van der Waals surface area contributed by atoms with E-state index < -0.39 is 23.6 Å². The van der Waals surface area contributed by atoms with Crippen LogP contribution in [0.4, 0.5) is 8.78 Å². The molecule has 2 heterocycles. The van der Waals surface area contributed by atoms with E-state index in [-0.39, 0.29) is 12.1 Å². The summed E-state index contributed by atoms with van der Waals surface area (Å²) in [5, 5.41) is 14.8. The molecule has 124 valence electrons. The molecule has 2 N–H and O–H groups in total. The molecule has 0 saturated carbocycles. The molecule has 0 aliphatic heterocycles. The highest BCUT2D eigenvalue weighted by molar-refractivity contribution is 7.12. The molecule has 0 saturated heterocycles. The van der Waals surface area contributed by atoms with Gasteiger partial charge in [-0.2, -0.15) is 0 Å². The first-order valence-electron chi connectivity index (χ1n) is 7.08. The molecule has 1 unspecified atom stereocenters. The van der Waals surface area contributed by atoms with Crippen LogP contribution in [0.5, 0.6) is 0 Å². The highest BCUT2D eigenvalue weighted by atomic mass is 32.1. The standard InChI is InChI=1S/C17H13F2NO2S2/c18-12-5-3-10(8-13(12)19)17(22)20-9-11-4-6-15(24-11)16(21)14-2-1-7-23-14/h1-8,16,21H,9H2,(H,20,22). The zero-order valence-corrected chi connectivity index (χ0v) is 14.0. The minimum absolute atomic E-state index is 0.0595. The normalized spacial score (nSPS) is 12.1. The first kappa shape index (κ1) is 16.8. The van der Waals surface area contributed by atoms with Crippen LogP contribution in [0.1, 0.15) is 31.1 Å². The second kappa shape index (κ2) is 7.21. The minimum atomic E-state index is -1.06. The maximum absolute atomic E-state index is 13.1. The summed E-state index contributed by atoms with van der Waals surface area (Å²) in [5.74, 6) is -2.53. The van der Waals surface area contributed by atoms with Crippen molar-refractivity contribution in [2.75, 3.05) is 0 Å². The predicted octanol–water partition coefficient (Wildman–Crippen LogP) is 4.10. The van der Waals surface area contributed by atoms with Gasteiger partial charge in [0, 0.05) is 20.2 Å². The van der Waals surface area contributed by atoms with Crippen molar-refractivity contribution in [1.82, 2.24) is 5.32 Å². The molecule has 0 fully saturated rings. The second-order valence-electron chi connectivity index (χ2n) is 5.03. The predicted molar refractivity (Wildman–Crippen MR) is 90.2 cm³/mol. The number of carbonyl (C=O) groups is 1. The maximum Gasteiger partial charge on any atom is 0.251 e. The number of hydrogen-bond donors (Lipinski definition) is 2. The van der Waals surface area contributed by atoms with Gasteiger partial charge in [-0.25, -0.2) is 8.78 Å². The van der Waals surface area contributed by atoms with E-state index in [9.17, 15) is 18.7 Å². The van der Waals surface area contributed by atoms with Gasteiger partial charge >= 0.3 is 0 Å². The van der Waals surface area contributed by atoms with Gasteiger partial charge in [0.25, 0.3) is 5.91 Å². The average molecular weight is 365 g/mol. The van der Waals surface area contributed by atoms with E-state index in [2.05, 4.69) is 5.32 Å². The summed E-state index contributed by atoms with van der Waals surface area (Å²) in [6.07, 6.45) is -0.675. The molecule has 1 atom stereocenters. The van der Waals surface area contributed by atoms with Gasteiger partial charge in [0.1, 0.15) is 6.10 Å². The summed E-state index contributed by atoms with van der Waals surface area (Å²) >= 11 is 2.86. The number of aliphatic hydroxyl groups is 1. The third-order valence-electron chi connectivity index (χ3n) is 3.37. The van der Waals surface area contributed by atoms with Crippen molar-refractivity contribution in [3.8, 4) is 0 Å². The van der Waals surface area contributed by atoms with E-state index in [4.69, 9.17) is 0 Å². The van der Waals surface area contributed by atoms with Crippen molar-refractivity contribution < 1.29 is 18.7 Å². The highest BCUT2D eigenvalue weighted by Gasteiger charge is 2.15. The van der Waals surface area contributed by atoms with E-state index in [1.165, 1.54) is 28.7 Å². The molecule has 3 aromatic rings. The Labute approximate surface area is 145 Å². The zero-order chi connectivity index (χ0) is 17.1. The molecule has 1 aromatic carbocycles. The van der Waals surface area contributed by atoms with E-state index in [0.29, 0.717) is 0 Å². The van der Waals surface area contributed by atoms with Gasteiger partial charge in [-0.05, 0) is 41.8 Å². The Kier molecular flexibility index (Phi) is 5.03. The Hall–Kier alpha value is -2.09. The molecule has 2 aromatic heterocycles. The lowest BCUT2D eigenvalue weighted by Crippen LogP contribution is -2.22. The van der Waals surface area contributed by atoms with Crippen LogP contribution in [0.2, 0.25) is 0 Å². The topological polar surface area (TPSA) is 49.3 Å². The quantitative estimate of drug-likeness (QED) is 0.715. The van der Waals surface area contributed by atoms with Gasteiger partial charge in [0.15, 0.2) is 11.6 Å². The van der Waals surface area contributed by atoms with Crippen LogP contribution in [0, 0.1) is 11.6 Å². The van der Waals surface area contributed by atoms with Crippen LogP contribution in [0.3, 0.4) is 0 Å². The molecule has 0 spiro atoms. The van der Waals surface area contributed by atoms with Gasteiger partial charge in [-0.3, -0.25) is 4.79 Å². The van der Waals surface area contributed by atoms with Crippen molar-refractivity contribution in [2.24, 2.45) is 0 Å². The second-order valence-corrected chi connectivity index (χ2v) is 7.21. The number of carbonyl (C=O) groups excluding carboxylic acids is 1. The molecule has 1 amide bonds. The van der Waals surface area contributed by atoms with Crippen molar-refractivity contribution in [3.63, 3.8) is 0 Å². The van der Waals surface area contributed by atoms with E-state index in [0.717, 1.165) is 26.8 Å². The van der Waals surface area contributed by atoms with Crippen LogP contribution in [-0.4, -0.2) is 11.0 Å². The van der Waals surface area contributed by atoms with E-state index >= 15 is 0 Å². The molecule has 7 heteroatoms. The fourth-order valence-electron chi connectivity index (χ4n) is 2.13. The zero-order valence-electron chi connectivity index (χ0n) is 12.3. The maximum atomic E-state index is 13.1. The van der Waals surface area contributed by atoms with Crippen molar-refractivity contribution >= 4 is 28.6 Å². The van der Waals surface area contributed by atoms with E-state index in [1.807, 2.05) is 29.6 Å². The number of benzene rings is 1. The SMILES string of the molecule is O=C(NCc1ccc(C(O)c2cccs2)s1)c1ccc(F)c(F)c1. The number of hydrogen-bond acceptors (Lipinski definition) is 4. The Balaban J connectivity index is 1.63. The minimum Gasteiger partial charge on any atom is -0.382 e. The Morgan fingerprint density at radius 1 is 1.12 bits per heavy atom. The smallest absolute Gasteiger partial charge is 0.251 e. The lowest BCUT2D eigenvalue weighted by molar-refractivity contribution is 0.0950. The first-order chi connectivity index (χ1) is 11.5. The third-order valence-corrected chi connectivity index (χ3v) is 5.43. The van der Waals surface area contributed by atoms with Gasteiger partial charge < -0.3 is 10.4 Å². The Morgan fingerprint density at radius 3 is 2.67 bits per heavy atom. The average Bonchev–Trinajstić information content (AvgIpc) is 3.26. The summed E-state index contributed by atoms with van der Waals surface area (Å²) in [6.45, 7) is 0.250. The van der Waals surface area contributed by atoms with E-state index in [1.54, 1.807) is 0 Å². The van der Waals surface area contributed by atoms with Gasteiger partial charge in [0.05, 0.1) is 6.54 Å². The number of aliphatic hydroxyl groups excluding tert-OH is 1. The number of halogens is 2. The molecule has 0 radical (unpaired) electrons. The Bertz CT molecular complexity index is 846. The van der Waals surface area contributed by atoms with Crippen LogP contribution in [0.15, 0.2) is 47.8 Å².